The number of carbonyl (C=O) groups is 2. The molecular weight excluding hydrogens is 280 g/mol. The number of piperidine rings is 1. The lowest BCUT2D eigenvalue weighted by atomic mass is 9.90. The molecule has 5 nitrogen and oxygen atoms in total. The number of rotatable bonds is 3. The molecule has 0 unspecified atom stereocenters. The van der Waals surface area contributed by atoms with E-state index >= 15 is 0 Å². The number of likely N-dealkylation sites (tertiary alicyclic amines) is 1. The number of carboxylic acid groups (broad SMARTS) is 1. The lowest BCUT2D eigenvalue weighted by Crippen LogP contribution is -2.39. The van der Waals surface area contributed by atoms with E-state index in [-0.39, 0.29) is 11.8 Å². The van der Waals surface area contributed by atoms with E-state index in [0.717, 1.165) is 24.9 Å². The maximum absolute atomic E-state index is 12.4. The predicted molar refractivity (Wildman–Crippen MR) is 82.1 cm³/mol. The van der Waals surface area contributed by atoms with Crippen LogP contribution in [-0.4, -0.2) is 40.0 Å². The number of aromatic nitrogens is 1. The molecule has 1 fully saturated rings. The van der Waals surface area contributed by atoms with Gasteiger partial charge in [-0.15, -0.1) is 0 Å². The monoisotopic (exact) mass is 298 g/mol. The van der Waals surface area contributed by atoms with Gasteiger partial charge in [-0.05, 0) is 42.7 Å². The highest BCUT2D eigenvalue weighted by atomic mass is 16.4. The number of hydrogen-bond acceptors (Lipinski definition) is 2. The zero-order valence-electron chi connectivity index (χ0n) is 12.2. The number of nitrogens with one attached hydrogen (secondary N) is 1. The zero-order valence-corrected chi connectivity index (χ0v) is 12.2. The molecule has 2 N–H and O–H groups in total. The molecule has 114 valence electrons. The normalized spacial score (nSPS) is 18.2. The van der Waals surface area contributed by atoms with Crippen LogP contribution < -0.4 is 0 Å². The number of carbonyl (C=O) groups excluding carboxylic acids is 1. The molecule has 1 atom stereocenters. The summed E-state index contributed by atoms with van der Waals surface area (Å²) >= 11 is 0. The fourth-order valence-electron chi connectivity index (χ4n) is 2.97. The van der Waals surface area contributed by atoms with E-state index in [1.54, 1.807) is 24.4 Å². The lowest BCUT2D eigenvalue weighted by Gasteiger charge is -2.32. The number of aromatic carboxylic acids is 1. The third-order valence-corrected chi connectivity index (χ3v) is 4.17. The van der Waals surface area contributed by atoms with Gasteiger partial charge in [0.05, 0.1) is 5.56 Å². The fraction of sp³-hybridized carbons (Fsp3) is 0.294. The van der Waals surface area contributed by atoms with Gasteiger partial charge in [-0.2, -0.15) is 0 Å². The second-order valence-electron chi connectivity index (χ2n) is 5.60. The van der Waals surface area contributed by atoms with E-state index in [1.165, 1.54) is 0 Å². The van der Waals surface area contributed by atoms with Crippen LogP contribution in [0.15, 0.2) is 42.6 Å². The van der Waals surface area contributed by atoms with Crippen molar-refractivity contribution in [1.82, 2.24) is 9.88 Å². The number of H-pyrrole nitrogens is 1. The van der Waals surface area contributed by atoms with Crippen molar-refractivity contribution in [2.24, 2.45) is 0 Å². The Kier molecular flexibility index (Phi) is 3.96. The minimum Gasteiger partial charge on any atom is -0.478 e. The third kappa shape index (κ3) is 2.88. The smallest absolute Gasteiger partial charge is 0.335 e. The molecule has 1 aromatic heterocycles. The largest absolute Gasteiger partial charge is 0.478 e. The molecule has 0 radical (unpaired) electrons. The zero-order chi connectivity index (χ0) is 15.5. The fourth-order valence-corrected chi connectivity index (χ4v) is 2.97. The second-order valence-corrected chi connectivity index (χ2v) is 5.60. The number of nitrogens with zero attached hydrogens (tertiary/aromatic N) is 1. The number of benzene rings is 1. The van der Waals surface area contributed by atoms with Gasteiger partial charge in [0.15, 0.2) is 0 Å². The third-order valence-electron chi connectivity index (χ3n) is 4.17. The Hall–Kier alpha value is -2.56. The Morgan fingerprint density at radius 1 is 1.18 bits per heavy atom. The molecule has 0 spiro atoms. The number of carboxylic acids is 1. The second kappa shape index (κ2) is 6.05. The van der Waals surface area contributed by atoms with Gasteiger partial charge in [-0.25, -0.2) is 4.79 Å². The molecule has 5 heteroatoms. The Bertz CT molecular complexity index is 662. The Morgan fingerprint density at radius 3 is 2.59 bits per heavy atom. The Labute approximate surface area is 128 Å². The minimum absolute atomic E-state index is 0.0249. The molecule has 3 rings (SSSR count). The van der Waals surface area contributed by atoms with Gasteiger partial charge in [-0.1, -0.05) is 12.1 Å². The highest BCUT2D eigenvalue weighted by Gasteiger charge is 2.25. The topological polar surface area (TPSA) is 73.4 Å². The van der Waals surface area contributed by atoms with E-state index in [4.69, 9.17) is 5.11 Å². The van der Waals surface area contributed by atoms with Crippen molar-refractivity contribution >= 4 is 11.9 Å². The Balaban J connectivity index is 1.72. The van der Waals surface area contributed by atoms with Crippen LogP contribution in [0.1, 0.15) is 45.2 Å². The molecule has 1 amide bonds. The maximum Gasteiger partial charge on any atom is 0.335 e. The first kappa shape index (κ1) is 14.4. The summed E-state index contributed by atoms with van der Waals surface area (Å²) in [5.41, 5.74) is 2.00. The van der Waals surface area contributed by atoms with E-state index in [2.05, 4.69) is 4.98 Å². The molecule has 1 aliphatic heterocycles. The molecule has 2 heterocycles. The van der Waals surface area contributed by atoms with Crippen molar-refractivity contribution < 1.29 is 14.7 Å². The van der Waals surface area contributed by atoms with Crippen LogP contribution in [0.2, 0.25) is 0 Å². The van der Waals surface area contributed by atoms with Gasteiger partial charge < -0.3 is 15.0 Å². The van der Waals surface area contributed by atoms with Crippen LogP contribution in [0.25, 0.3) is 0 Å². The summed E-state index contributed by atoms with van der Waals surface area (Å²) in [5, 5.41) is 8.95. The van der Waals surface area contributed by atoms with Crippen LogP contribution in [-0.2, 0) is 0 Å². The summed E-state index contributed by atoms with van der Waals surface area (Å²) in [5.74, 6) is -0.633. The summed E-state index contributed by atoms with van der Waals surface area (Å²) < 4.78 is 0. The summed E-state index contributed by atoms with van der Waals surface area (Å²) in [6.45, 7) is 1.44. The van der Waals surface area contributed by atoms with Crippen LogP contribution in [0, 0.1) is 0 Å². The van der Waals surface area contributed by atoms with E-state index < -0.39 is 5.97 Å². The van der Waals surface area contributed by atoms with Crippen molar-refractivity contribution in [3.05, 3.63) is 59.4 Å². The molecule has 0 aliphatic carbocycles. The highest BCUT2D eigenvalue weighted by molar-refractivity contribution is 5.92. The Morgan fingerprint density at radius 2 is 1.95 bits per heavy atom. The summed E-state index contributed by atoms with van der Waals surface area (Å²) in [6.07, 6.45) is 3.72. The van der Waals surface area contributed by atoms with Gasteiger partial charge in [0, 0.05) is 25.2 Å². The SMILES string of the molecule is O=C(O)c1ccc([C@H]2CCCN(C(=O)c3ccc[nH]3)C2)cc1. The van der Waals surface area contributed by atoms with E-state index in [9.17, 15) is 9.59 Å². The molecule has 0 bridgehead atoms. The first-order valence-corrected chi connectivity index (χ1v) is 7.41. The molecular formula is C17H18N2O3. The summed E-state index contributed by atoms with van der Waals surface area (Å²) in [4.78, 5) is 28.1. The molecule has 0 saturated carbocycles. The summed E-state index contributed by atoms with van der Waals surface area (Å²) in [6, 6.07) is 10.6. The predicted octanol–water partition coefficient (Wildman–Crippen LogP) is 2.73. The van der Waals surface area contributed by atoms with Crippen LogP contribution >= 0.6 is 0 Å². The average Bonchev–Trinajstić information content (AvgIpc) is 3.09. The molecule has 1 aromatic carbocycles. The van der Waals surface area contributed by atoms with Gasteiger partial charge >= 0.3 is 5.97 Å². The van der Waals surface area contributed by atoms with Gasteiger partial charge in [0.25, 0.3) is 5.91 Å². The van der Waals surface area contributed by atoms with Crippen molar-refractivity contribution in [2.75, 3.05) is 13.1 Å². The van der Waals surface area contributed by atoms with Crippen molar-refractivity contribution in [2.45, 2.75) is 18.8 Å². The first-order valence-electron chi connectivity index (χ1n) is 7.41. The molecule has 1 saturated heterocycles. The standard InChI is InChI=1S/C17H18N2O3/c20-16(15-4-1-9-18-15)19-10-2-3-14(11-19)12-5-7-13(8-6-12)17(21)22/h1,4-9,14,18H,2-3,10-11H2,(H,21,22)/t14-/m0/s1. The molecule has 1 aliphatic rings. The van der Waals surface area contributed by atoms with Gasteiger partial charge in [-0.3, -0.25) is 4.79 Å². The van der Waals surface area contributed by atoms with Crippen LogP contribution in [0.3, 0.4) is 0 Å². The maximum atomic E-state index is 12.4. The first-order chi connectivity index (χ1) is 10.6. The molecule has 22 heavy (non-hydrogen) atoms. The lowest BCUT2D eigenvalue weighted by molar-refractivity contribution is 0.0692. The minimum atomic E-state index is -0.918. The van der Waals surface area contributed by atoms with Crippen molar-refractivity contribution in [3.8, 4) is 0 Å². The average molecular weight is 298 g/mol. The summed E-state index contributed by atoms with van der Waals surface area (Å²) in [7, 11) is 0. The molecule has 2 aromatic rings. The van der Waals surface area contributed by atoms with E-state index in [1.807, 2.05) is 23.1 Å². The van der Waals surface area contributed by atoms with Crippen molar-refractivity contribution in [3.63, 3.8) is 0 Å². The van der Waals surface area contributed by atoms with Crippen LogP contribution in [0.4, 0.5) is 0 Å². The highest BCUT2D eigenvalue weighted by Crippen LogP contribution is 2.27. The van der Waals surface area contributed by atoms with E-state index in [0.29, 0.717) is 17.8 Å². The quantitative estimate of drug-likeness (QED) is 0.915. The van der Waals surface area contributed by atoms with Gasteiger partial charge in [0.1, 0.15) is 5.69 Å². The number of amides is 1. The number of aromatic amines is 1. The van der Waals surface area contributed by atoms with Gasteiger partial charge in [0.2, 0.25) is 0 Å². The van der Waals surface area contributed by atoms with Crippen molar-refractivity contribution in [1.29, 1.82) is 0 Å². The van der Waals surface area contributed by atoms with Crippen LogP contribution in [0.5, 0.6) is 0 Å². The number of hydrogen-bond donors (Lipinski definition) is 2.